The van der Waals surface area contributed by atoms with Gasteiger partial charge in [0.25, 0.3) is 0 Å². The molecule has 0 saturated heterocycles. The van der Waals surface area contributed by atoms with Crippen LogP contribution in [0.2, 0.25) is 0 Å². The summed E-state index contributed by atoms with van der Waals surface area (Å²) in [6.45, 7) is 2.45. The van der Waals surface area contributed by atoms with Crippen molar-refractivity contribution in [1.29, 1.82) is 10.5 Å². The Bertz CT molecular complexity index is 736. The van der Waals surface area contributed by atoms with Crippen molar-refractivity contribution >= 4 is 12.0 Å². The highest BCUT2D eigenvalue weighted by molar-refractivity contribution is 5.83. The summed E-state index contributed by atoms with van der Waals surface area (Å²) in [7, 11) is 0. The first kappa shape index (κ1) is 15.3. The largest absolute Gasteiger partial charge is 0.478 e. The lowest BCUT2D eigenvalue weighted by Crippen LogP contribution is -1.96. The quantitative estimate of drug-likeness (QED) is 0.840. The van der Waals surface area contributed by atoms with E-state index in [1.807, 2.05) is 49.4 Å². The minimum atomic E-state index is 0.206. The molecule has 1 aliphatic carbocycles. The summed E-state index contributed by atoms with van der Waals surface area (Å²) in [6.07, 6.45) is 13.1. The van der Waals surface area contributed by atoms with Crippen LogP contribution in [0.1, 0.15) is 30.9 Å². The highest BCUT2D eigenvalue weighted by atomic mass is 16.5. The molecule has 1 aliphatic rings. The van der Waals surface area contributed by atoms with Gasteiger partial charge in [-0.25, -0.2) is 4.99 Å². The Morgan fingerprint density at radius 2 is 2.09 bits per heavy atom. The third kappa shape index (κ3) is 3.53. The van der Waals surface area contributed by atoms with Crippen LogP contribution in [-0.4, -0.2) is 17.8 Å². The Morgan fingerprint density at radius 1 is 1.27 bits per heavy atom. The number of H-pyrrole nitrogens is 1. The van der Waals surface area contributed by atoms with E-state index >= 15 is 0 Å². The zero-order valence-corrected chi connectivity index (χ0v) is 12.3. The van der Waals surface area contributed by atoms with Crippen LogP contribution in [0.3, 0.4) is 0 Å². The molecule has 0 atom stereocenters. The van der Waals surface area contributed by atoms with Crippen LogP contribution in [0.5, 0.6) is 5.88 Å². The molecule has 22 heavy (non-hydrogen) atoms. The fraction of sp³-hybridized carbons (Fsp3) is 0.235. The summed E-state index contributed by atoms with van der Waals surface area (Å²) in [5, 5.41) is 18.5. The van der Waals surface area contributed by atoms with E-state index in [1.165, 1.54) is 0 Å². The van der Waals surface area contributed by atoms with Crippen molar-refractivity contribution in [3.8, 4) is 18.0 Å². The molecule has 0 unspecified atom stereocenters. The maximum atomic E-state index is 9.26. The van der Waals surface area contributed by atoms with E-state index in [1.54, 1.807) is 6.21 Å². The van der Waals surface area contributed by atoms with E-state index in [0.717, 1.165) is 18.4 Å². The van der Waals surface area contributed by atoms with Crippen LogP contribution < -0.4 is 4.74 Å². The summed E-state index contributed by atoms with van der Waals surface area (Å²) < 4.78 is 5.47. The Hall–Kier alpha value is -3.05. The zero-order valence-electron chi connectivity index (χ0n) is 12.3. The van der Waals surface area contributed by atoms with Gasteiger partial charge in [0.05, 0.1) is 6.61 Å². The molecule has 1 aromatic rings. The van der Waals surface area contributed by atoms with E-state index in [-0.39, 0.29) is 11.1 Å². The summed E-state index contributed by atoms with van der Waals surface area (Å²) >= 11 is 0. The smallest absolute Gasteiger partial charge is 0.212 e. The number of hydrogen-bond donors (Lipinski definition) is 1. The molecule has 0 amide bonds. The van der Waals surface area contributed by atoms with E-state index < -0.39 is 0 Å². The van der Waals surface area contributed by atoms with E-state index in [9.17, 15) is 10.5 Å². The number of aromatic nitrogens is 1. The second-order valence-electron chi connectivity index (χ2n) is 4.64. The van der Waals surface area contributed by atoms with Crippen LogP contribution >= 0.6 is 0 Å². The molecular weight excluding hydrogens is 276 g/mol. The fourth-order valence-electron chi connectivity index (χ4n) is 1.93. The number of nitrogens with one attached hydrogen (secondary N) is 1. The third-order valence-electron chi connectivity index (χ3n) is 3.00. The summed E-state index contributed by atoms with van der Waals surface area (Å²) in [5.41, 5.74) is 1.43. The van der Waals surface area contributed by atoms with Crippen molar-refractivity contribution < 1.29 is 4.74 Å². The van der Waals surface area contributed by atoms with Crippen molar-refractivity contribution in [1.82, 2.24) is 4.98 Å². The molecule has 5 heteroatoms. The van der Waals surface area contributed by atoms with Gasteiger partial charge in [0.2, 0.25) is 5.88 Å². The Labute approximate surface area is 129 Å². The van der Waals surface area contributed by atoms with Crippen molar-refractivity contribution in [3.05, 3.63) is 47.1 Å². The van der Waals surface area contributed by atoms with E-state index in [0.29, 0.717) is 18.3 Å². The van der Waals surface area contributed by atoms with Gasteiger partial charge in [-0.1, -0.05) is 37.3 Å². The van der Waals surface area contributed by atoms with Gasteiger partial charge in [-0.3, -0.25) is 0 Å². The van der Waals surface area contributed by atoms with Gasteiger partial charge >= 0.3 is 0 Å². The Morgan fingerprint density at radius 3 is 2.82 bits per heavy atom. The van der Waals surface area contributed by atoms with Gasteiger partial charge in [0.1, 0.15) is 23.3 Å². The Balaban J connectivity index is 2.31. The molecule has 2 rings (SSSR count). The minimum absolute atomic E-state index is 0.206. The number of nitrogens with zero attached hydrogens (tertiary/aromatic N) is 3. The summed E-state index contributed by atoms with van der Waals surface area (Å²) in [5.74, 6) is 0.658. The molecule has 1 aromatic heterocycles. The fourth-order valence-corrected chi connectivity index (χ4v) is 1.93. The first-order valence-corrected chi connectivity index (χ1v) is 7.05. The van der Waals surface area contributed by atoms with Crippen molar-refractivity contribution in [2.75, 3.05) is 6.61 Å². The number of rotatable bonds is 5. The van der Waals surface area contributed by atoms with E-state index in [4.69, 9.17) is 4.74 Å². The lowest BCUT2D eigenvalue weighted by molar-refractivity contribution is 0.306. The highest BCUT2D eigenvalue weighted by Gasteiger charge is 2.18. The number of allylic oxidation sites excluding steroid dienone is 6. The number of nitriles is 2. The monoisotopic (exact) mass is 292 g/mol. The number of aromatic amines is 1. The molecule has 0 aromatic carbocycles. The lowest BCUT2D eigenvalue weighted by atomic mass is 10.2. The van der Waals surface area contributed by atoms with Crippen molar-refractivity contribution in [2.45, 2.75) is 19.8 Å². The topological polar surface area (TPSA) is 85.0 Å². The van der Waals surface area contributed by atoms with Crippen LogP contribution in [0.25, 0.3) is 0 Å². The third-order valence-corrected chi connectivity index (χ3v) is 3.00. The van der Waals surface area contributed by atoms with Gasteiger partial charge in [-0.05, 0) is 18.4 Å². The van der Waals surface area contributed by atoms with Crippen LogP contribution in [0, 0.1) is 22.7 Å². The van der Waals surface area contributed by atoms with Crippen molar-refractivity contribution in [2.24, 2.45) is 4.99 Å². The zero-order chi connectivity index (χ0) is 15.8. The maximum absolute atomic E-state index is 9.26. The molecule has 110 valence electrons. The molecule has 1 N–H and O–H groups in total. The molecule has 5 nitrogen and oxygen atoms in total. The molecule has 0 aliphatic heterocycles. The predicted octanol–water partition coefficient (Wildman–Crippen LogP) is 3.69. The second-order valence-corrected chi connectivity index (χ2v) is 4.64. The number of ether oxygens (including phenoxy) is 1. The molecule has 0 saturated carbocycles. The molecule has 0 spiro atoms. The average molecular weight is 292 g/mol. The molecule has 0 radical (unpaired) electrons. The minimum Gasteiger partial charge on any atom is -0.478 e. The predicted molar refractivity (Wildman–Crippen MR) is 85.1 cm³/mol. The normalized spacial score (nSPS) is 13.5. The van der Waals surface area contributed by atoms with Gasteiger partial charge in [0.15, 0.2) is 5.82 Å². The standard InChI is InChI=1S/C17H16N4O/c1-2-9-22-17-15(11-19)14(10-18)16(21-17)20-12-13-7-5-3-4-6-8-13/h3-7,12,21H,2,8-9H2,1H3/b20-12+. The van der Waals surface area contributed by atoms with Gasteiger partial charge < -0.3 is 9.72 Å². The first-order valence-electron chi connectivity index (χ1n) is 7.05. The average Bonchev–Trinajstić information content (AvgIpc) is 2.70. The summed E-state index contributed by atoms with van der Waals surface area (Å²) in [4.78, 5) is 7.22. The van der Waals surface area contributed by atoms with E-state index in [2.05, 4.69) is 9.98 Å². The SMILES string of the molecule is CCCOc1[nH]c(/N=C/C2=CC=CC=CC2)c(C#N)c1C#N. The highest BCUT2D eigenvalue weighted by Crippen LogP contribution is 2.30. The van der Waals surface area contributed by atoms with Crippen LogP contribution in [0.15, 0.2) is 40.9 Å². The maximum Gasteiger partial charge on any atom is 0.212 e. The van der Waals surface area contributed by atoms with Gasteiger partial charge in [-0.15, -0.1) is 0 Å². The van der Waals surface area contributed by atoms with Crippen LogP contribution in [-0.2, 0) is 0 Å². The first-order chi connectivity index (χ1) is 10.8. The molecule has 0 fully saturated rings. The van der Waals surface area contributed by atoms with Crippen molar-refractivity contribution in [3.63, 3.8) is 0 Å². The second kappa shape index (κ2) is 7.66. The molecule has 0 bridgehead atoms. The van der Waals surface area contributed by atoms with Gasteiger partial charge in [0, 0.05) is 6.21 Å². The molecular formula is C17H16N4O. The molecule has 1 heterocycles. The Kier molecular flexibility index (Phi) is 5.34. The summed E-state index contributed by atoms with van der Waals surface area (Å²) in [6, 6.07) is 4.02. The number of hydrogen-bond acceptors (Lipinski definition) is 4. The van der Waals surface area contributed by atoms with Gasteiger partial charge in [-0.2, -0.15) is 10.5 Å². The number of aliphatic imine (C=N–C) groups is 1. The van der Waals surface area contributed by atoms with Crippen LogP contribution in [0.4, 0.5) is 5.82 Å². The lowest BCUT2D eigenvalue weighted by Gasteiger charge is -2.00.